The van der Waals surface area contributed by atoms with E-state index in [1.807, 2.05) is 0 Å². The Labute approximate surface area is 340 Å². The van der Waals surface area contributed by atoms with Crippen LogP contribution in [0.3, 0.4) is 0 Å². The zero-order valence-corrected chi connectivity index (χ0v) is 32.3. The molecule has 276 valence electrons. The summed E-state index contributed by atoms with van der Waals surface area (Å²) in [7, 11) is 0. The number of hydrogen-bond donors (Lipinski definition) is 0. The number of fused-ring (bicyclic) bond motifs is 6. The first-order valence-corrected chi connectivity index (χ1v) is 20.5. The minimum atomic E-state index is 0.441. The Balaban J connectivity index is 0.947. The molecule has 0 bridgehead atoms. The molecule has 0 saturated heterocycles. The zero-order valence-electron chi connectivity index (χ0n) is 32.3. The first-order valence-electron chi connectivity index (χ1n) is 20.5. The Morgan fingerprint density at radius 2 is 1.21 bits per heavy atom. The summed E-state index contributed by atoms with van der Waals surface area (Å²) in [5, 5.41) is 5.19. The molecule has 0 N–H and O–H groups in total. The van der Waals surface area contributed by atoms with Gasteiger partial charge in [0.15, 0.2) is 0 Å². The molecule has 0 fully saturated rings. The second-order valence-electron chi connectivity index (χ2n) is 15.6. The fraction of sp³-hybridized carbons (Fsp3) is 0.0714. The predicted octanol–water partition coefficient (Wildman–Crippen LogP) is 15.1. The molecule has 3 aliphatic rings. The first kappa shape index (κ1) is 34.1. The van der Waals surface area contributed by atoms with Crippen LogP contribution in [-0.4, -0.2) is 4.57 Å². The molecular weight excluding hydrogens is 701 g/mol. The lowest BCUT2D eigenvalue weighted by molar-refractivity contribution is 0.768. The summed E-state index contributed by atoms with van der Waals surface area (Å²) in [4.78, 5) is 2.41. The van der Waals surface area contributed by atoms with Crippen LogP contribution in [-0.2, 0) is 0 Å². The third kappa shape index (κ3) is 5.97. The van der Waals surface area contributed by atoms with Gasteiger partial charge in [-0.15, -0.1) is 0 Å². The molecule has 58 heavy (non-hydrogen) atoms. The molecule has 0 amide bonds. The molecule has 0 aliphatic heterocycles. The van der Waals surface area contributed by atoms with E-state index in [1.54, 1.807) is 0 Å². The van der Waals surface area contributed by atoms with Gasteiger partial charge in [0.25, 0.3) is 0 Å². The van der Waals surface area contributed by atoms with Crippen molar-refractivity contribution in [1.29, 1.82) is 0 Å². The minimum Gasteiger partial charge on any atom is -0.312 e. The molecule has 8 aromatic rings. The summed E-state index contributed by atoms with van der Waals surface area (Å²) < 4.78 is 2.52. The number of anilines is 2. The van der Waals surface area contributed by atoms with E-state index in [4.69, 9.17) is 0 Å². The number of rotatable bonds is 7. The summed E-state index contributed by atoms with van der Waals surface area (Å²) in [6.07, 6.45) is 21.3. The van der Waals surface area contributed by atoms with Gasteiger partial charge >= 0.3 is 0 Å². The third-order valence-corrected chi connectivity index (χ3v) is 12.2. The molecule has 0 saturated carbocycles. The van der Waals surface area contributed by atoms with Crippen LogP contribution in [0.1, 0.15) is 24.8 Å². The Kier molecular flexibility index (Phi) is 8.47. The normalized spacial score (nSPS) is 16.2. The second-order valence-corrected chi connectivity index (χ2v) is 15.6. The van der Waals surface area contributed by atoms with Crippen LogP contribution in [0, 0.1) is 5.92 Å². The SMILES string of the molecule is C1=CC2=CC(N(c3ccc(-c4ccccc4)cc3)c3ccc(-c4ccccc4C4=CC=C(n5c6ccccc6c6ccc7ccccc7c65)CC4)cc3)=CCC2C=C1. The van der Waals surface area contributed by atoms with Crippen LogP contribution in [0.2, 0.25) is 0 Å². The highest BCUT2D eigenvalue weighted by Gasteiger charge is 2.22. The van der Waals surface area contributed by atoms with Gasteiger partial charge in [0.05, 0.1) is 11.0 Å². The van der Waals surface area contributed by atoms with E-state index in [9.17, 15) is 0 Å². The quantitative estimate of drug-likeness (QED) is 0.158. The molecule has 1 atom stereocenters. The molecule has 0 spiro atoms. The number of allylic oxidation sites excluding steroid dienone is 11. The fourth-order valence-corrected chi connectivity index (χ4v) is 9.35. The second kappa shape index (κ2) is 14.4. The fourth-order valence-electron chi connectivity index (χ4n) is 9.35. The molecule has 3 aliphatic carbocycles. The van der Waals surface area contributed by atoms with Gasteiger partial charge in [-0.25, -0.2) is 0 Å². The van der Waals surface area contributed by atoms with Crippen molar-refractivity contribution in [2.45, 2.75) is 19.3 Å². The molecule has 1 aromatic heterocycles. The maximum absolute atomic E-state index is 2.52. The van der Waals surface area contributed by atoms with E-state index in [0.717, 1.165) is 30.6 Å². The van der Waals surface area contributed by atoms with Crippen molar-refractivity contribution in [3.63, 3.8) is 0 Å². The molecule has 1 heterocycles. The van der Waals surface area contributed by atoms with Gasteiger partial charge in [0, 0.05) is 44.8 Å². The molecule has 7 aromatic carbocycles. The highest BCUT2D eigenvalue weighted by molar-refractivity contribution is 6.19. The monoisotopic (exact) mass is 742 g/mol. The van der Waals surface area contributed by atoms with Crippen molar-refractivity contribution < 1.29 is 0 Å². The van der Waals surface area contributed by atoms with Gasteiger partial charge in [-0.2, -0.15) is 0 Å². The Morgan fingerprint density at radius 1 is 0.517 bits per heavy atom. The topological polar surface area (TPSA) is 8.17 Å². The van der Waals surface area contributed by atoms with Crippen LogP contribution < -0.4 is 4.90 Å². The van der Waals surface area contributed by atoms with E-state index >= 15 is 0 Å². The number of hydrogen-bond acceptors (Lipinski definition) is 1. The van der Waals surface area contributed by atoms with Crippen molar-refractivity contribution in [3.8, 4) is 22.3 Å². The summed E-state index contributed by atoms with van der Waals surface area (Å²) in [6, 6.07) is 59.9. The van der Waals surface area contributed by atoms with Crippen LogP contribution in [0.5, 0.6) is 0 Å². The van der Waals surface area contributed by atoms with Gasteiger partial charge in [-0.3, -0.25) is 0 Å². The average molecular weight is 743 g/mol. The largest absolute Gasteiger partial charge is 0.312 e. The van der Waals surface area contributed by atoms with Crippen molar-refractivity contribution >= 4 is 55.2 Å². The van der Waals surface area contributed by atoms with E-state index in [0.29, 0.717) is 5.92 Å². The average Bonchev–Trinajstić information content (AvgIpc) is 3.65. The molecule has 2 heteroatoms. The van der Waals surface area contributed by atoms with Crippen molar-refractivity contribution in [2.24, 2.45) is 5.92 Å². The lowest BCUT2D eigenvalue weighted by Gasteiger charge is -2.31. The minimum absolute atomic E-state index is 0.441. The van der Waals surface area contributed by atoms with Crippen LogP contribution in [0.4, 0.5) is 11.4 Å². The van der Waals surface area contributed by atoms with E-state index in [2.05, 4.69) is 222 Å². The van der Waals surface area contributed by atoms with Crippen molar-refractivity contribution in [1.82, 2.24) is 4.57 Å². The molecule has 0 radical (unpaired) electrons. The standard InChI is InChI=1S/C56H42N2/c1-2-12-39(13-3-1)41-22-30-46(31-23-41)57(49-36-24-40-14-4-5-16-45(40)38-49)47-32-25-43(26-33-47)50-17-8-9-18-51(50)44-27-34-48(35-28-44)58-55-21-11-10-20-53(55)54-37-29-42-15-6-7-19-52(42)56(54)58/h1-23,25-27,29-34,36-38,40H,24,28,35H2. The van der Waals surface area contributed by atoms with Crippen LogP contribution >= 0.6 is 0 Å². The number of para-hydroxylation sites is 1. The molecule has 11 rings (SSSR count). The zero-order chi connectivity index (χ0) is 38.4. The van der Waals surface area contributed by atoms with Crippen LogP contribution in [0.15, 0.2) is 224 Å². The third-order valence-electron chi connectivity index (χ3n) is 12.2. The van der Waals surface area contributed by atoms with Gasteiger partial charge in [0.1, 0.15) is 0 Å². The van der Waals surface area contributed by atoms with Gasteiger partial charge in [0.2, 0.25) is 0 Å². The van der Waals surface area contributed by atoms with Gasteiger partial charge in [-0.05, 0) is 106 Å². The summed E-state index contributed by atoms with van der Waals surface area (Å²) in [5.74, 6) is 0.441. The molecule has 2 nitrogen and oxygen atoms in total. The van der Waals surface area contributed by atoms with E-state index < -0.39 is 0 Å². The molecule has 1 unspecified atom stereocenters. The smallest absolute Gasteiger partial charge is 0.0616 e. The summed E-state index contributed by atoms with van der Waals surface area (Å²) in [5.41, 5.74) is 16.4. The number of aromatic nitrogens is 1. The van der Waals surface area contributed by atoms with Gasteiger partial charge in [-0.1, -0.05) is 170 Å². The maximum Gasteiger partial charge on any atom is 0.0616 e. The summed E-state index contributed by atoms with van der Waals surface area (Å²) in [6.45, 7) is 0. The lowest BCUT2D eigenvalue weighted by atomic mass is 9.87. The summed E-state index contributed by atoms with van der Waals surface area (Å²) >= 11 is 0. The highest BCUT2D eigenvalue weighted by atomic mass is 15.1. The van der Waals surface area contributed by atoms with E-state index in [1.165, 1.54) is 82.9 Å². The molecular formula is C56H42N2. The Morgan fingerprint density at radius 3 is 2.00 bits per heavy atom. The van der Waals surface area contributed by atoms with E-state index in [-0.39, 0.29) is 0 Å². The Hall–Kier alpha value is -7.16. The highest BCUT2D eigenvalue weighted by Crippen LogP contribution is 2.42. The van der Waals surface area contributed by atoms with Crippen molar-refractivity contribution in [3.05, 3.63) is 229 Å². The van der Waals surface area contributed by atoms with Crippen molar-refractivity contribution in [2.75, 3.05) is 4.90 Å². The van der Waals surface area contributed by atoms with Crippen LogP contribution in [0.25, 0.3) is 66.1 Å². The number of benzene rings is 7. The Bertz CT molecular complexity index is 3060. The number of nitrogens with zero attached hydrogens (tertiary/aromatic N) is 2. The first-order chi connectivity index (χ1) is 28.8. The predicted molar refractivity (Wildman–Crippen MR) is 247 cm³/mol. The maximum atomic E-state index is 2.52. The lowest BCUT2D eigenvalue weighted by Crippen LogP contribution is -2.19. The van der Waals surface area contributed by atoms with Gasteiger partial charge < -0.3 is 9.47 Å².